The maximum atomic E-state index is 12.7. The van der Waals surface area contributed by atoms with Gasteiger partial charge in [0.15, 0.2) is 11.5 Å². The number of hydrogen-bond acceptors (Lipinski definition) is 3. The Kier molecular flexibility index (Phi) is 2.17. The van der Waals surface area contributed by atoms with Crippen LogP contribution in [0.5, 0.6) is 17.2 Å². The molecule has 1 aliphatic heterocycles. The quantitative estimate of drug-likeness (QED) is 0.746. The Morgan fingerprint density at radius 1 is 1.36 bits per heavy atom. The van der Waals surface area contributed by atoms with Crippen molar-refractivity contribution in [1.29, 1.82) is 0 Å². The first-order chi connectivity index (χ1) is 6.53. The van der Waals surface area contributed by atoms with Gasteiger partial charge in [-0.05, 0) is 34.7 Å². The fraction of sp³-hybridized carbons (Fsp3) is 0.250. The molecule has 3 nitrogen and oxygen atoms in total. The van der Waals surface area contributed by atoms with E-state index in [1.807, 2.05) is 22.6 Å². The molecule has 0 N–H and O–H groups in total. The van der Waals surface area contributed by atoms with E-state index in [1.165, 1.54) is 13.2 Å². The monoisotopic (exact) mass is 314 g/mol. The van der Waals surface area contributed by atoms with Gasteiger partial charge in [-0.25, -0.2) is 0 Å². The van der Waals surface area contributed by atoms with E-state index in [4.69, 9.17) is 4.74 Å². The van der Waals surface area contributed by atoms with Gasteiger partial charge in [-0.2, -0.15) is 0 Å². The Bertz CT molecular complexity index is 381. The van der Waals surface area contributed by atoms with Crippen LogP contribution in [0.2, 0.25) is 0 Å². The normalized spacial score (nSPS) is 16.9. The summed E-state index contributed by atoms with van der Waals surface area (Å²) in [4.78, 5) is 0. The van der Waals surface area contributed by atoms with E-state index in [0.717, 1.165) is 0 Å². The molecule has 1 aromatic rings. The zero-order chi connectivity index (χ0) is 10.3. The van der Waals surface area contributed by atoms with Crippen LogP contribution in [-0.2, 0) is 0 Å². The van der Waals surface area contributed by atoms with Gasteiger partial charge in [0.2, 0.25) is 0 Å². The fourth-order valence-corrected chi connectivity index (χ4v) is 1.90. The molecular formula is C8H5F2IO3. The second kappa shape index (κ2) is 3.11. The molecule has 2 rings (SSSR count). The molecule has 1 heterocycles. The van der Waals surface area contributed by atoms with Gasteiger partial charge in [-0.1, -0.05) is 0 Å². The summed E-state index contributed by atoms with van der Waals surface area (Å²) in [5, 5.41) is 0. The van der Waals surface area contributed by atoms with Gasteiger partial charge < -0.3 is 14.2 Å². The molecule has 0 fully saturated rings. The Morgan fingerprint density at radius 2 is 2.07 bits per heavy atom. The summed E-state index contributed by atoms with van der Waals surface area (Å²) in [7, 11) is 1.46. The molecule has 1 aromatic carbocycles. The second-order valence-corrected chi connectivity index (χ2v) is 3.66. The van der Waals surface area contributed by atoms with Crippen molar-refractivity contribution in [1.82, 2.24) is 0 Å². The van der Waals surface area contributed by atoms with Gasteiger partial charge in [-0.3, -0.25) is 0 Å². The van der Waals surface area contributed by atoms with Crippen molar-refractivity contribution in [3.8, 4) is 17.2 Å². The summed E-state index contributed by atoms with van der Waals surface area (Å²) in [5.41, 5.74) is 0. The smallest absolute Gasteiger partial charge is 0.496 e. The lowest BCUT2D eigenvalue weighted by atomic mass is 10.3. The molecule has 76 valence electrons. The van der Waals surface area contributed by atoms with E-state index < -0.39 is 6.29 Å². The number of ether oxygens (including phenoxy) is 3. The zero-order valence-corrected chi connectivity index (χ0v) is 9.17. The zero-order valence-electron chi connectivity index (χ0n) is 7.01. The minimum atomic E-state index is -3.57. The van der Waals surface area contributed by atoms with E-state index in [2.05, 4.69) is 9.47 Å². The van der Waals surface area contributed by atoms with Crippen LogP contribution in [0.15, 0.2) is 12.1 Å². The highest BCUT2D eigenvalue weighted by Gasteiger charge is 2.44. The van der Waals surface area contributed by atoms with Crippen LogP contribution in [0, 0.1) is 3.57 Å². The highest BCUT2D eigenvalue weighted by Crippen LogP contribution is 2.46. The lowest BCUT2D eigenvalue weighted by molar-refractivity contribution is -0.287. The molecule has 0 bridgehead atoms. The molecule has 0 saturated heterocycles. The summed E-state index contributed by atoms with van der Waals surface area (Å²) >= 11 is 1.86. The van der Waals surface area contributed by atoms with Crippen LogP contribution in [0.1, 0.15) is 0 Å². The van der Waals surface area contributed by atoms with Crippen LogP contribution in [0.4, 0.5) is 8.78 Å². The number of benzene rings is 1. The van der Waals surface area contributed by atoms with Crippen molar-refractivity contribution in [3.05, 3.63) is 15.7 Å². The first kappa shape index (κ1) is 9.75. The fourth-order valence-electron chi connectivity index (χ4n) is 1.12. The van der Waals surface area contributed by atoms with Gasteiger partial charge in [0.25, 0.3) is 0 Å². The molecular weight excluding hydrogens is 309 g/mol. The van der Waals surface area contributed by atoms with Gasteiger partial charge >= 0.3 is 6.29 Å². The van der Waals surface area contributed by atoms with E-state index >= 15 is 0 Å². The number of rotatable bonds is 1. The Hall–Kier alpha value is -0.790. The number of alkyl halides is 2. The van der Waals surface area contributed by atoms with Gasteiger partial charge in [0.1, 0.15) is 9.32 Å². The molecule has 0 spiro atoms. The molecule has 6 heteroatoms. The maximum Gasteiger partial charge on any atom is 0.586 e. The highest BCUT2D eigenvalue weighted by atomic mass is 127. The maximum absolute atomic E-state index is 12.7. The van der Waals surface area contributed by atoms with Gasteiger partial charge in [-0.15, -0.1) is 8.78 Å². The number of methoxy groups -OCH3 is 1. The van der Waals surface area contributed by atoms with Crippen LogP contribution < -0.4 is 14.2 Å². The predicted molar refractivity (Wildman–Crippen MR) is 51.9 cm³/mol. The number of hydrogen-bond donors (Lipinski definition) is 0. The van der Waals surface area contributed by atoms with Gasteiger partial charge in [0.05, 0.1) is 7.11 Å². The van der Waals surface area contributed by atoms with Crippen LogP contribution >= 0.6 is 22.6 Å². The molecule has 0 amide bonds. The van der Waals surface area contributed by atoms with E-state index in [1.54, 1.807) is 6.07 Å². The molecule has 0 radical (unpaired) electrons. The Labute approximate surface area is 92.1 Å². The molecule has 14 heavy (non-hydrogen) atoms. The molecule has 1 aliphatic rings. The standard InChI is InChI=1S/C8H5F2IO3/c1-12-4-2-3-5-7(6(4)11)14-8(9,10)13-5/h2-3H,1H3. The highest BCUT2D eigenvalue weighted by molar-refractivity contribution is 14.1. The molecule has 0 aliphatic carbocycles. The molecule has 0 aromatic heterocycles. The van der Waals surface area contributed by atoms with Crippen molar-refractivity contribution >= 4 is 22.6 Å². The van der Waals surface area contributed by atoms with Crippen molar-refractivity contribution in [3.63, 3.8) is 0 Å². The summed E-state index contributed by atoms with van der Waals surface area (Å²) in [6.07, 6.45) is -3.57. The largest absolute Gasteiger partial charge is 0.586 e. The van der Waals surface area contributed by atoms with Crippen LogP contribution in [-0.4, -0.2) is 13.4 Å². The number of halogens is 3. The summed E-state index contributed by atoms with van der Waals surface area (Å²) in [5.74, 6) is 0.529. The molecule has 0 saturated carbocycles. The van der Waals surface area contributed by atoms with E-state index in [0.29, 0.717) is 9.32 Å². The Morgan fingerprint density at radius 3 is 2.71 bits per heavy atom. The lowest BCUT2D eigenvalue weighted by Gasteiger charge is -2.05. The average Bonchev–Trinajstić information content (AvgIpc) is 2.42. The summed E-state index contributed by atoms with van der Waals surface area (Å²) in [6, 6.07) is 2.93. The Balaban J connectivity index is 2.48. The molecule has 0 atom stereocenters. The third-order valence-electron chi connectivity index (χ3n) is 1.70. The minimum Gasteiger partial charge on any atom is -0.496 e. The van der Waals surface area contributed by atoms with Gasteiger partial charge in [0, 0.05) is 0 Å². The van der Waals surface area contributed by atoms with Crippen molar-refractivity contribution in [2.75, 3.05) is 7.11 Å². The first-order valence-corrected chi connectivity index (χ1v) is 4.74. The van der Waals surface area contributed by atoms with Crippen molar-refractivity contribution in [2.45, 2.75) is 6.29 Å². The van der Waals surface area contributed by atoms with E-state index in [9.17, 15) is 8.78 Å². The minimum absolute atomic E-state index is 0.0231. The summed E-state index contributed by atoms with van der Waals surface area (Å²) in [6.45, 7) is 0. The van der Waals surface area contributed by atoms with Crippen molar-refractivity contribution in [2.24, 2.45) is 0 Å². The molecule has 0 unspecified atom stereocenters. The van der Waals surface area contributed by atoms with Crippen molar-refractivity contribution < 1.29 is 23.0 Å². The lowest BCUT2D eigenvalue weighted by Crippen LogP contribution is -2.26. The number of fused-ring (bicyclic) bond motifs is 1. The second-order valence-electron chi connectivity index (χ2n) is 2.58. The average molecular weight is 314 g/mol. The SMILES string of the molecule is COc1ccc2c(c1I)OC(F)(F)O2. The topological polar surface area (TPSA) is 27.7 Å². The first-order valence-electron chi connectivity index (χ1n) is 3.66. The van der Waals surface area contributed by atoms with Crippen LogP contribution in [0.3, 0.4) is 0 Å². The predicted octanol–water partition coefficient (Wildman–Crippen LogP) is 2.62. The third kappa shape index (κ3) is 1.47. The van der Waals surface area contributed by atoms with Crippen LogP contribution in [0.25, 0.3) is 0 Å². The van der Waals surface area contributed by atoms with E-state index in [-0.39, 0.29) is 11.5 Å². The summed E-state index contributed by atoms with van der Waals surface area (Å²) < 4.78 is 39.3. The third-order valence-corrected chi connectivity index (χ3v) is 2.72.